The Labute approximate surface area is 162 Å². The Morgan fingerprint density at radius 2 is 1.93 bits per heavy atom. The highest BCUT2D eigenvalue weighted by molar-refractivity contribution is 6.02. The summed E-state index contributed by atoms with van der Waals surface area (Å²) < 4.78 is 23.6. The Morgan fingerprint density at radius 3 is 2.68 bits per heavy atom. The number of amides is 1. The zero-order valence-corrected chi connectivity index (χ0v) is 15.6. The molecule has 1 amide bonds. The molecular weight excluding hydrogens is 363 g/mol. The summed E-state index contributed by atoms with van der Waals surface area (Å²) in [5, 5.41) is 5.75. The van der Waals surface area contributed by atoms with Crippen LogP contribution in [0.25, 0.3) is 0 Å². The number of ether oxygens (including phenoxy) is 2. The lowest BCUT2D eigenvalue weighted by molar-refractivity contribution is -0.147. The van der Waals surface area contributed by atoms with E-state index in [-0.39, 0.29) is 25.4 Å². The largest absolute Gasteiger partial charge is 0.496 e. The van der Waals surface area contributed by atoms with Crippen LogP contribution in [0.3, 0.4) is 0 Å². The molecule has 2 aromatic rings. The van der Waals surface area contributed by atoms with Gasteiger partial charge in [0, 0.05) is 18.4 Å². The van der Waals surface area contributed by atoms with Gasteiger partial charge in [-0.3, -0.25) is 9.59 Å². The number of esters is 1. The van der Waals surface area contributed by atoms with E-state index in [4.69, 9.17) is 9.47 Å². The average molecular weight is 384 g/mol. The van der Waals surface area contributed by atoms with E-state index in [2.05, 4.69) is 5.10 Å². The van der Waals surface area contributed by atoms with Gasteiger partial charge < -0.3 is 9.47 Å². The molecule has 7 heteroatoms. The second kappa shape index (κ2) is 9.12. The Morgan fingerprint density at radius 1 is 1.14 bits per heavy atom. The van der Waals surface area contributed by atoms with Crippen LogP contribution < -0.4 is 4.74 Å². The first-order valence-corrected chi connectivity index (χ1v) is 8.98. The molecule has 1 aliphatic heterocycles. The molecule has 1 heterocycles. The third-order valence-corrected chi connectivity index (χ3v) is 4.37. The third-order valence-electron chi connectivity index (χ3n) is 4.37. The molecule has 2 aromatic carbocycles. The van der Waals surface area contributed by atoms with Gasteiger partial charge >= 0.3 is 5.97 Å². The molecule has 0 spiro atoms. The lowest BCUT2D eigenvalue weighted by Crippen LogP contribution is -2.24. The van der Waals surface area contributed by atoms with E-state index in [9.17, 15) is 14.0 Å². The van der Waals surface area contributed by atoms with E-state index in [0.717, 1.165) is 11.3 Å². The lowest BCUT2D eigenvalue weighted by Gasteiger charge is -2.12. The Balaban J connectivity index is 1.48. The molecule has 0 aliphatic carbocycles. The summed E-state index contributed by atoms with van der Waals surface area (Å²) in [6.07, 6.45) is 0.618. The van der Waals surface area contributed by atoms with Crippen LogP contribution in [0.5, 0.6) is 5.75 Å². The van der Waals surface area contributed by atoms with Gasteiger partial charge in [-0.25, -0.2) is 9.40 Å². The van der Waals surface area contributed by atoms with Crippen molar-refractivity contribution in [2.75, 3.05) is 13.7 Å². The monoisotopic (exact) mass is 384 g/mol. The Bertz CT molecular complexity index is 883. The van der Waals surface area contributed by atoms with Crippen molar-refractivity contribution in [3.8, 4) is 5.75 Å². The van der Waals surface area contributed by atoms with Crippen LogP contribution in [0.4, 0.5) is 4.39 Å². The smallest absolute Gasteiger partial charge is 0.306 e. The van der Waals surface area contributed by atoms with Crippen LogP contribution in [0.15, 0.2) is 53.6 Å². The van der Waals surface area contributed by atoms with Crippen LogP contribution >= 0.6 is 0 Å². The SMILES string of the molecule is COc1ccc(F)cc1COC(=O)CCC(=O)N1CCC(c2ccccc2)=N1. The number of methoxy groups -OCH3 is 1. The summed E-state index contributed by atoms with van der Waals surface area (Å²) in [6.45, 7) is 0.382. The number of carbonyl (C=O) groups is 2. The van der Waals surface area contributed by atoms with Crippen molar-refractivity contribution < 1.29 is 23.5 Å². The summed E-state index contributed by atoms with van der Waals surface area (Å²) in [7, 11) is 1.46. The molecule has 0 unspecified atom stereocenters. The molecular formula is C21H21FN2O4. The minimum atomic E-state index is -0.536. The molecule has 3 rings (SSSR count). The summed E-state index contributed by atoms with van der Waals surface area (Å²) in [5.74, 6) is -0.773. The first-order chi connectivity index (χ1) is 13.6. The molecule has 0 fully saturated rings. The number of nitrogens with zero attached hydrogens (tertiary/aromatic N) is 2. The van der Waals surface area contributed by atoms with Crippen LogP contribution in [0.1, 0.15) is 30.4 Å². The van der Waals surface area contributed by atoms with E-state index in [0.29, 0.717) is 24.3 Å². The van der Waals surface area contributed by atoms with E-state index in [1.54, 1.807) is 0 Å². The highest BCUT2D eigenvalue weighted by Gasteiger charge is 2.22. The van der Waals surface area contributed by atoms with Gasteiger partial charge in [-0.1, -0.05) is 30.3 Å². The Hall–Kier alpha value is -3.22. The molecule has 0 saturated carbocycles. The van der Waals surface area contributed by atoms with Crippen molar-refractivity contribution in [3.63, 3.8) is 0 Å². The van der Waals surface area contributed by atoms with E-state index < -0.39 is 11.8 Å². The second-order valence-electron chi connectivity index (χ2n) is 6.30. The van der Waals surface area contributed by atoms with Crippen LogP contribution in [0, 0.1) is 5.82 Å². The highest BCUT2D eigenvalue weighted by atomic mass is 19.1. The number of hydrogen-bond acceptors (Lipinski definition) is 5. The maximum Gasteiger partial charge on any atom is 0.306 e. The van der Waals surface area contributed by atoms with Crippen molar-refractivity contribution in [3.05, 3.63) is 65.5 Å². The normalized spacial score (nSPS) is 13.2. The molecule has 146 valence electrons. The quantitative estimate of drug-likeness (QED) is 0.687. The summed E-state index contributed by atoms with van der Waals surface area (Å²) >= 11 is 0. The lowest BCUT2D eigenvalue weighted by atomic mass is 10.1. The van der Waals surface area contributed by atoms with Gasteiger partial charge in [0.15, 0.2) is 0 Å². The van der Waals surface area contributed by atoms with Gasteiger partial charge in [0.1, 0.15) is 18.2 Å². The van der Waals surface area contributed by atoms with Crippen molar-refractivity contribution in [2.45, 2.75) is 25.9 Å². The summed E-state index contributed by atoms with van der Waals surface area (Å²) in [4.78, 5) is 24.2. The molecule has 0 bridgehead atoms. The maximum atomic E-state index is 13.3. The van der Waals surface area contributed by atoms with Crippen molar-refractivity contribution in [1.82, 2.24) is 5.01 Å². The number of hydrazone groups is 1. The number of rotatable bonds is 7. The first-order valence-electron chi connectivity index (χ1n) is 8.98. The van der Waals surface area contributed by atoms with E-state index >= 15 is 0 Å². The number of carbonyl (C=O) groups excluding carboxylic acids is 2. The predicted molar refractivity (Wildman–Crippen MR) is 101 cm³/mol. The molecule has 28 heavy (non-hydrogen) atoms. The highest BCUT2D eigenvalue weighted by Crippen LogP contribution is 2.20. The fourth-order valence-electron chi connectivity index (χ4n) is 2.90. The van der Waals surface area contributed by atoms with Gasteiger partial charge in [0.2, 0.25) is 5.91 Å². The zero-order valence-electron chi connectivity index (χ0n) is 15.6. The molecule has 1 aliphatic rings. The van der Waals surface area contributed by atoms with Crippen molar-refractivity contribution in [1.29, 1.82) is 0 Å². The second-order valence-corrected chi connectivity index (χ2v) is 6.30. The third kappa shape index (κ3) is 4.94. The van der Waals surface area contributed by atoms with Gasteiger partial charge in [0.05, 0.1) is 25.8 Å². The van der Waals surface area contributed by atoms with Crippen molar-refractivity contribution in [2.24, 2.45) is 5.10 Å². The standard InChI is InChI=1S/C21H21FN2O4/c1-27-19-8-7-17(22)13-16(19)14-28-21(26)10-9-20(25)24-12-11-18(23-24)15-5-3-2-4-6-15/h2-8,13H,9-12,14H2,1H3. The number of hydrogen-bond donors (Lipinski definition) is 0. The summed E-state index contributed by atoms with van der Waals surface area (Å²) in [6, 6.07) is 13.7. The molecule has 0 aromatic heterocycles. The van der Waals surface area contributed by atoms with E-state index in [1.807, 2.05) is 30.3 Å². The van der Waals surface area contributed by atoms with Crippen molar-refractivity contribution >= 4 is 17.6 Å². The predicted octanol–water partition coefficient (Wildman–Crippen LogP) is 3.29. The fraction of sp³-hybridized carbons (Fsp3) is 0.286. The van der Waals surface area contributed by atoms with Gasteiger partial charge in [-0.05, 0) is 23.8 Å². The van der Waals surface area contributed by atoms with Crippen LogP contribution in [0.2, 0.25) is 0 Å². The van der Waals surface area contributed by atoms with Gasteiger partial charge in [-0.2, -0.15) is 5.10 Å². The molecule has 0 atom stereocenters. The molecule has 0 N–H and O–H groups in total. The summed E-state index contributed by atoms with van der Waals surface area (Å²) in [5.41, 5.74) is 2.27. The molecule has 6 nitrogen and oxygen atoms in total. The molecule has 0 radical (unpaired) electrons. The van der Waals surface area contributed by atoms with Gasteiger partial charge in [-0.15, -0.1) is 0 Å². The van der Waals surface area contributed by atoms with Crippen LogP contribution in [-0.2, 0) is 20.9 Å². The zero-order chi connectivity index (χ0) is 19.9. The average Bonchev–Trinajstić information content (AvgIpc) is 3.21. The van der Waals surface area contributed by atoms with E-state index in [1.165, 1.54) is 30.3 Å². The minimum Gasteiger partial charge on any atom is -0.496 e. The molecule has 0 saturated heterocycles. The Kier molecular flexibility index (Phi) is 6.37. The topological polar surface area (TPSA) is 68.2 Å². The fourth-order valence-corrected chi connectivity index (χ4v) is 2.90. The van der Waals surface area contributed by atoms with Crippen LogP contribution in [-0.4, -0.2) is 36.3 Å². The number of halogens is 1. The number of benzene rings is 2. The first kappa shape index (κ1) is 19.5. The minimum absolute atomic E-state index is 0.00465. The van der Waals surface area contributed by atoms with Gasteiger partial charge in [0.25, 0.3) is 0 Å². The maximum absolute atomic E-state index is 13.3.